The van der Waals surface area contributed by atoms with Crippen molar-refractivity contribution in [2.45, 2.75) is 24.3 Å². The van der Waals surface area contributed by atoms with E-state index in [-0.39, 0.29) is 0 Å². The van der Waals surface area contributed by atoms with Crippen LogP contribution in [0.1, 0.15) is 17.7 Å². The first-order valence-electron chi connectivity index (χ1n) is 9.44. The number of hydrogen-bond donors (Lipinski definition) is 1. The smallest absolute Gasteiger partial charge is 0.175 e. The molecule has 0 aliphatic rings. The number of aromatic amines is 1. The number of aromatic nitrogens is 5. The molecule has 1 aromatic carbocycles. The molecule has 0 aliphatic heterocycles. The standard InChI is InChI=1S/C21H23N5O2S/c1-15-17(22-10-8-19(15)28-13-5-12-27-2)14-29-21-24-16-6-3-4-7-18(16)26(21)20-9-11-23-25-20/h3-4,6-11H,5,12-14H2,1-2H3,(H,23,25). The second-order valence-corrected chi connectivity index (χ2v) is 7.46. The van der Waals surface area contributed by atoms with Gasteiger partial charge in [-0.3, -0.25) is 14.6 Å². The summed E-state index contributed by atoms with van der Waals surface area (Å²) in [5.41, 5.74) is 4.01. The van der Waals surface area contributed by atoms with Crippen LogP contribution in [0.25, 0.3) is 16.9 Å². The van der Waals surface area contributed by atoms with Gasteiger partial charge in [0, 0.05) is 49.9 Å². The van der Waals surface area contributed by atoms with Gasteiger partial charge >= 0.3 is 0 Å². The third-order valence-corrected chi connectivity index (χ3v) is 5.54. The van der Waals surface area contributed by atoms with Gasteiger partial charge in [0.1, 0.15) is 5.75 Å². The maximum atomic E-state index is 5.90. The van der Waals surface area contributed by atoms with Crippen molar-refractivity contribution in [3.8, 4) is 11.6 Å². The molecule has 0 bridgehead atoms. The molecule has 0 spiro atoms. The Labute approximate surface area is 173 Å². The van der Waals surface area contributed by atoms with Gasteiger partial charge in [0.15, 0.2) is 11.0 Å². The van der Waals surface area contributed by atoms with E-state index in [1.54, 1.807) is 25.1 Å². The van der Waals surface area contributed by atoms with Gasteiger partial charge in [0.25, 0.3) is 0 Å². The lowest BCUT2D eigenvalue weighted by atomic mass is 10.2. The van der Waals surface area contributed by atoms with Crippen LogP contribution in [0.2, 0.25) is 0 Å². The van der Waals surface area contributed by atoms with Crippen molar-refractivity contribution in [2.24, 2.45) is 0 Å². The fourth-order valence-corrected chi connectivity index (χ4v) is 4.12. The first kappa shape index (κ1) is 19.5. The van der Waals surface area contributed by atoms with Crippen LogP contribution in [0.3, 0.4) is 0 Å². The molecule has 3 aromatic heterocycles. The number of fused-ring (bicyclic) bond motifs is 1. The van der Waals surface area contributed by atoms with Crippen LogP contribution in [-0.2, 0) is 10.5 Å². The molecule has 1 N–H and O–H groups in total. The molecule has 150 valence electrons. The SMILES string of the molecule is COCCCOc1ccnc(CSc2nc3ccccc3n2-c2cc[nH]n2)c1C. The molecule has 0 amide bonds. The van der Waals surface area contributed by atoms with Crippen molar-refractivity contribution in [3.63, 3.8) is 0 Å². The Morgan fingerprint density at radius 2 is 2.03 bits per heavy atom. The zero-order valence-electron chi connectivity index (χ0n) is 16.5. The van der Waals surface area contributed by atoms with Crippen molar-refractivity contribution in [1.29, 1.82) is 0 Å². The van der Waals surface area contributed by atoms with E-state index < -0.39 is 0 Å². The largest absolute Gasteiger partial charge is 0.493 e. The fourth-order valence-electron chi connectivity index (χ4n) is 3.08. The number of H-pyrrole nitrogens is 1. The Kier molecular flexibility index (Phi) is 6.12. The highest BCUT2D eigenvalue weighted by atomic mass is 32.2. The molecule has 8 heteroatoms. The number of ether oxygens (including phenoxy) is 2. The van der Waals surface area contributed by atoms with Gasteiger partial charge in [-0.1, -0.05) is 23.9 Å². The Hall–Kier alpha value is -2.84. The molecule has 0 unspecified atom stereocenters. The fraction of sp³-hybridized carbons (Fsp3) is 0.286. The van der Waals surface area contributed by atoms with E-state index >= 15 is 0 Å². The van der Waals surface area contributed by atoms with Crippen molar-refractivity contribution in [2.75, 3.05) is 20.3 Å². The molecule has 0 atom stereocenters. The maximum Gasteiger partial charge on any atom is 0.175 e. The molecule has 4 aromatic rings. The summed E-state index contributed by atoms with van der Waals surface area (Å²) < 4.78 is 13.0. The lowest BCUT2D eigenvalue weighted by Crippen LogP contribution is -2.04. The number of para-hydroxylation sites is 2. The van der Waals surface area contributed by atoms with E-state index in [9.17, 15) is 0 Å². The summed E-state index contributed by atoms with van der Waals surface area (Å²) in [5, 5.41) is 8.11. The van der Waals surface area contributed by atoms with E-state index in [0.29, 0.717) is 19.0 Å². The van der Waals surface area contributed by atoms with E-state index in [0.717, 1.165) is 45.4 Å². The highest BCUT2D eigenvalue weighted by Crippen LogP contribution is 2.31. The second-order valence-electron chi connectivity index (χ2n) is 6.52. The summed E-state index contributed by atoms with van der Waals surface area (Å²) in [5.74, 6) is 2.38. The van der Waals surface area contributed by atoms with Crippen LogP contribution in [0, 0.1) is 6.92 Å². The number of nitrogens with zero attached hydrogens (tertiary/aromatic N) is 4. The number of hydrogen-bond acceptors (Lipinski definition) is 6. The maximum absolute atomic E-state index is 5.90. The molecule has 4 rings (SSSR count). The minimum absolute atomic E-state index is 0.625. The summed E-state index contributed by atoms with van der Waals surface area (Å²) in [6, 6.07) is 11.9. The van der Waals surface area contributed by atoms with Crippen LogP contribution in [0.4, 0.5) is 0 Å². The molecule has 3 heterocycles. The first-order valence-corrected chi connectivity index (χ1v) is 10.4. The highest BCUT2D eigenvalue weighted by Gasteiger charge is 2.15. The molecule has 7 nitrogen and oxygen atoms in total. The summed E-state index contributed by atoms with van der Waals surface area (Å²) in [6.45, 7) is 3.36. The summed E-state index contributed by atoms with van der Waals surface area (Å²) in [4.78, 5) is 9.37. The third-order valence-electron chi connectivity index (χ3n) is 4.59. The molecular weight excluding hydrogens is 386 g/mol. The van der Waals surface area contributed by atoms with Gasteiger partial charge in [-0.05, 0) is 25.1 Å². The number of thioether (sulfide) groups is 1. The number of nitrogens with one attached hydrogen (secondary N) is 1. The monoisotopic (exact) mass is 409 g/mol. The first-order chi connectivity index (χ1) is 14.3. The molecular formula is C21H23N5O2S. The Morgan fingerprint density at radius 1 is 1.14 bits per heavy atom. The van der Waals surface area contributed by atoms with E-state index in [1.807, 2.05) is 43.5 Å². The predicted molar refractivity (Wildman–Crippen MR) is 114 cm³/mol. The number of imidazole rings is 1. The van der Waals surface area contributed by atoms with Gasteiger partial charge in [-0.25, -0.2) is 4.98 Å². The average molecular weight is 410 g/mol. The quantitative estimate of drug-likeness (QED) is 0.330. The minimum Gasteiger partial charge on any atom is -0.493 e. The Bertz CT molecular complexity index is 1080. The van der Waals surface area contributed by atoms with Gasteiger partial charge < -0.3 is 9.47 Å². The topological polar surface area (TPSA) is 77.9 Å². The number of rotatable bonds is 9. The van der Waals surface area contributed by atoms with Gasteiger partial charge in [-0.15, -0.1) is 0 Å². The average Bonchev–Trinajstić information content (AvgIpc) is 3.38. The predicted octanol–water partition coefficient (Wildman–Crippen LogP) is 4.16. The van der Waals surface area contributed by atoms with E-state index in [4.69, 9.17) is 14.5 Å². The number of benzene rings is 1. The van der Waals surface area contributed by atoms with Crippen molar-refractivity contribution >= 4 is 22.8 Å². The molecule has 0 radical (unpaired) electrons. The lowest BCUT2D eigenvalue weighted by Gasteiger charge is -2.12. The van der Waals surface area contributed by atoms with Crippen molar-refractivity contribution in [3.05, 3.63) is 60.0 Å². The summed E-state index contributed by atoms with van der Waals surface area (Å²) in [7, 11) is 1.70. The van der Waals surface area contributed by atoms with Crippen LogP contribution in [-0.4, -0.2) is 45.1 Å². The Morgan fingerprint density at radius 3 is 2.86 bits per heavy atom. The van der Waals surface area contributed by atoms with Crippen LogP contribution in [0.15, 0.2) is 53.9 Å². The van der Waals surface area contributed by atoms with Crippen molar-refractivity contribution < 1.29 is 9.47 Å². The summed E-state index contributed by atoms with van der Waals surface area (Å²) in [6.07, 6.45) is 4.47. The van der Waals surface area contributed by atoms with Gasteiger partial charge in [0.05, 0.1) is 23.3 Å². The zero-order valence-corrected chi connectivity index (χ0v) is 17.3. The lowest BCUT2D eigenvalue weighted by molar-refractivity contribution is 0.172. The van der Waals surface area contributed by atoms with Crippen LogP contribution < -0.4 is 4.74 Å². The van der Waals surface area contributed by atoms with Gasteiger partial charge in [-0.2, -0.15) is 5.10 Å². The normalized spacial score (nSPS) is 11.2. The van der Waals surface area contributed by atoms with Crippen molar-refractivity contribution in [1.82, 2.24) is 24.7 Å². The summed E-state index contributed by atoms with van der Waals surface area (Å²) >= 11 is 1.64. The number of methoxy groups -OCH3 is 1. The molecule has 0 fully saturated rings. The van der Waals surface area contributed by atoms with E-state index in [1.165, 1.54) is 0 Å². The van der Waals surface area contributed by atoms with E-state index in [2.05, 4.69) is 25.8 Å². The molecule has 29 heavy (non-hydrogen) atoms. The van der Waals surface area contributed by atoms with Gasteiger partial charge in [0.2, 0.25) is 0 Å². The molecule has 0 saturated heterocycles. The van der Waals surface area contributed by atoms with Crippen LogP contribution >= 0.6 is 11.8 Å². The third kappa shape index (κ3) is 4.28. The highest BCUT2D eigenvalue weighted by molar-refractivity contribution is 7.98. The zero-order chi connectivity index (χ0) is 20.1. The minimum atomic E-state index is 0.625. The van der Waals surface area contributed by atoms with Crippen LogP contribution in [0.5, 0.6) is 5.75 Å². The second kappa shape index (κ2) is 9.11. The molecule has 0 saturated carbocycles. The molecule has 0 aliphatic carbocycles. The Balaban J connectivity index is 1.55. The number of pyridine rings is 1.